The number of aromatic hydroxyl groups is 1. The Bertz CT molecular complexity index is 954. The second-order valence-electron chi connectivity index (χ2n) is 10.1. The van der Waals surface area contributed by atoms with E-state index in [9.17, 15) is 10.2 Å². The van der Waals surface area contributed by atoms with Gasteiger partial charge in [0.1, 0.15) is 5.75 Å². The Hall–Kier alpha value is -1.32. The van der Waals surface area contributed by atoms with Crippen LogP contribution in [0.4, 0.5) is 0 Å². The maximum atomic E-state index is 11.9. The van der Waals surface area contributed by atoms with E-state index in [0.717, 1.165) is 48.6 Å². The van der Waals surface area contributed by atoms with Gasteiger partial charge >= 0.3 is 0 Å². The second-order valence-corrected chi connectivity index (χ2v) is 11.0. The van der Waals surface area contributed by atoms with Crippen molar-refractivity contribution in [2.75, 3.05) is 0 Å². The molecule has 2 aromatic rings. The minimum absolute atomic E-state index is 0.0139. The molecule has 154 valence electrons. The van der Waals surface area contributed by atoms with E-state index in [2.05, 4.69) is 53.2 Å². The summed E-state index contributed by atoms with van der Waals surface area (Å²) in [6, 6.07) is 12.7. The molecule has 3 aliphatic rings. The van der Waals surface area contributed by atoms with Gasteiger partial charge in [0, 0.05) is 10.9 Å². The van der Waals surface area contributed by atoms with E-state index in [4.69, 9.17) is 0 Å². The van der Waals surface area contributed by atoms with Crippen LogP contribution in [0.15, 0.2) is 40.9 Å². The molecule has 0 radical (unpaired) electrons. The number of benzene rings is 2. The standard InChI is InChI=1S/C26H31BrO2/c1-16-12-22-18(14-24(16)28)6-7-21-20(22)8-10-25(2)23(21)9-11-26(25,29)15-17-4-3-5-19(27)13-17/h3-5,12-14,20-21,23,28-29H,6-11,15H2,1-2H3/t20?,21?,23?,25-,26+/m0/s1. The van der Waals surface area contributed by atoms with Crippen LogP contribution in [0.5, 0.6) is 5.75 Å². The van der Waals surface area contributed by atoms with Crippen LogP contribution in [0.25, 0.3) is 0 Å². The third-order valence-corrected chi connectivity index (χ3v) is 9.24. The molecule has 3 heteroatoms. The second kappa shape index (κ2) is 6.85. The summed E-state index contributed by atoms with van der Waals surface area (Å²) in [5.74, 6) is 2.26. The van der Waals surface area contributed by atoms with E-state index in [0.29, 0.717) is 23.5 Å². The lowest BCUT2D eigenvalue weighted by molar-refractivity contribution is -0.102. The SMILES string of the molecule is Cc1cc2c(cc1O)CCC1C2CC[C@@]2(C)C1CC[C@@]2(O)Cc1cccc(Br)c1. The smallest absolute Gasteiger partial charge is 0.118 e. The zero-order chi connectivity index (χ0) is 20.4. The van der Waals surface area contributed by atoms with E-state index in [-0.39, 0.29) is 5.41 Å². The lowest BCUT2D eigenvalue weighted by atomic mass is 9.52. The van der Waals surface area contributed by atoms with Gasteiger partial charge in [-0.25, -0.2) is 0 Å². The maximum Gasteiger partial charge on any atom is 0.118 e. The van der Waals surface area contributed by atoms with Gasteiger partial charge < -0.3 is 10.2 Å². The van der Waals surface area contributed by atoms with Crippen LogP contribution in [0, 0.1) is 24.2 Å². The van der Waals surface area contributed by atoms with Gasteiger partial charge in [-0.05, 0) is 109 Å². The van der Waals surface area contributed by atoms with Crippen molar-refractivity contribution < 1.29 is 10.2 Å². The highest BCUT2D eigenvalue weighted by molar-refractivity contribution is 9.10. The molecule has 0 aromatic heterocycles. The first-order valence-corrected chi connectivity index (χ1v) is 11.9. The van der Waals surface area contributed by atoms with Crippen LogP contribution in [-0.2, 0) is 12.8 Å². The van der Waals surface area contributed by atoms with Crippen molar-refractivity contribution in [3.05, 3.63) is 63.1 Å². The molecule has 2 N–H and O–H groups in total. The summed E-state index contributed by atoms with van der Waals surface area (Å²) < 4.78 is 1.09. The Kier molecular flexibility index (Phi) is 4.64. The molecule has 29 heavy (non-hydrogen) atoms. The van der Waals surface area contributed by atoms with E-state index < -0.39 is 5.60 Å². The number of halogens is 1. The van der Waals surface area contributed by atoms with Gasteiger partial charge in [-0.1, -0.05) is 41.1 Å². The number of aryl methyl sites for hydroxylation is 2. The molecule has 3 unspecified atom stereocenters. The lowest BCUT2D eigenvalue weighted by Crippen LogP contribution is -2.51. The number of aliphatic hydroxyl groups is 1. The van der Waals surface area contributed by atoms with Crippen molar-refractivity contribution in [2.45, 2.75) is 70.3 Å². The Labute approximate surface area is 182 Å². The third-order valence-electron chi connectivity index (χ3n) is 8.75. The van der Waals surface area contributed by atoms with Crippen molar-refractivity contribution in [3.63, 3.8) is 0 Å². The molecular formula is C26H31BrO2. The van der Waals surface area contributed by atoms with Gasteiger partial charge in [-0.15, -0.1) is 0 Å². The predicted molar refractivity (Wildman–Crippen MR) is 120 cm³/mol. The fourth-order valence-corrected chi connectivity index (χ4v) is 7.55. The Morgan fingerprint density at radius 2 is 1.93 bits per heavy atom. The molecule has 0 amide bonds. The fraction of sp³-hybridized carbons (Fsp3) is 0.538. The summed E-state index contributed by atoms with van der Waals surface area (Å²) in [4.78, 5) is 0. The zero-order valence-corrected chi connectivity index (χ0v) is 19.0. The number of hydrogen-bond acceptors (Lipinski definition) is 2. The summed E-state index contributed by atoms with van der Waals surface area (Å²) in [6.45, 7) is 4.38. The molecule has 0 aliphatic heterocycles. The summed E-state index contributed by atoms with van der Waals surface area (Å²) in [5.41, 5.74) is 4.41. The number of fused-ring (bicyclic) bond motifs is 5. The minimum Gasteiger partial charge on any atom is -0.508 e. The van der Waals surface area contributed by atoms with Crippen LogP contribution in [0.1, 0.15) is 67.2 Å². The minimum atomic E-state index is -0.616. The summed E-state index contributed by atoms with van der Waals surface area (Å²) in [5, 5.41) is 22.1. The van der Waals surface area contributed by atoms with Gasteiger partial charge in [-0.3, -0.25) is 0 Å². The topological polar surface area (TPSA) is 40.5 Å². The molecular weight excluding hydrogens is 424 g/mol. The quantitative estimate of drug-likeness (QED) is 0.559. The first-order chi connectivity index (χ1) is 13.8. The number of phenolic OH excluding ortho intramolecular Hbond substituents is 1. The predicted octanol–water partition coefficient (Wildman–Crippen LogP) is 6.29. The van der Waals surface area contributed by atoms with Gasteiger partial charge in [-0.2, -0.15) is 0 Å². The van der Waals surface area contributed by atoms with Crippen LogP contribution in [-0.4, -0.2) is 15.8 Å². The molecule has 0 saturated heterocycles. The third kappa shape index (κ3) is 2.99. The normalized spacial score (nSPS) is 35.7. The zero-order valence-electron chi connectivity index (χ0n) is 17.4. The average molecular weight is 455 g/mol. The fourth-order valence-electron chi connectivity index (χ4n) is 7.11. The molecule has 0 bridgehead atoms. The van der Waals surface area contributed by atoms with Gasteiger partial charge in [0.2, 0.25) is 0 Å². The first kappa shape index (κ1) is 19.6. The Morgan fingerprint density at radius 3 is 2.72 bits per heavy atom. The molecule has 2 aromatic carbocycles. The van der Waals surface area contributed by atoms with Crippen LogP contribution in [0.3, 0.4) is 0 Å². The van der Waals surface area contributed by atoms with Crippen LogP contribution >= 0.6 is 15.9 Å². The van der Waals surface area contributed by atoms with Crippen molar-refractivity contribution in [2.24, 2.45) is 17.3 Å². The van der Waals surface area contributed by atoms with E-state index >= 15 is 0 Å². The molecule has 5 atom stereocenters. The van der Waals surface area contributed by atoms with Crippen LogP contribution in [0.2, 0.25) is 0 Å². The van der Waals surface area contributed by atoms with Crippen molar-refractivity contribution >= 4 is 15.9 Å². The van der Waals surface area contributed by atoms with Gasteiger partial charge in [0.25, 0.3) is 0 Å². The monoisotopic (exact) mass is 454 g/mol. The van der Waals surface area contributed by atoms with Crippen molar-refractivity contribution in [3.8, 4) is 5.75 Å². The highest BCUT2D eigenvalue weighted by Crippen LogP contribution is 2.65. The highest BCUT2D eigenvalue weighted by Gasteiger charge is 2.61. The van der Waals surface area contributed by atoms with Crippen molar-refractivity contribution in [1.29, 1.82) is 0 Å². The van der Waals surface area contributed by atoms with E-state index in [1.165, 1.54) is 23.1 Å². The largest absolute Gasteiger partial charge is 0.508 e. The molecule has 0 spiro atoms. The van der Waals surface area contributed by atoms with E-state index in [1.54, 1.807) is 0 Å². The molecule has 3 aliphatic carbocycles. The summed E-state index contributed by atoms with van der Waals surface area (Å²) in [7, 11) is 0. The summed E-state index contributed by atoms with van der Waals surface area (Å²) in [6.07, 6.45) is 7.27. The van der Waals surface area contributed by atoms with Crippen molar-refractivity contribution in [1.82, 2.24) is 0 Å². The lowest BCUT2D eigenvalue weighted by Gasteiger charge is -2.53. The highest BCUT2D eigenvalue weighted by atomic mass is 79.9. The number of phenols is 1. The van der Waals surface area contributed by atoms with Crippen LogP contribution < -0.4 is 0 Å². The van der Waals surface area contributed by atoms with Gasteiger partial charge in [0.05, 0.1) is 5.60 Å². The Morgan fingerprint density at radius 1 is 1.10 bits per heavy atom. The average Bonchev–Trinajstić information content (AvgIpc) is 2.93. The first-order valence-electron chi connectivity index (χ1n) is 11.1. The molecule has 2 nitrogen and oxygen atoms in total. The van der Waals surface area contributed by atoms with E-state index in [1.807, 2.05) is 13.0 Å². The summed E-state index contributed by atoms with van der Waals surface area (Å²) >= 11 is 3.58. The Balaban J connectivity index is 1.45. The molecule has 2 fully saturated rings. The molecule has 2 saturated carbocycles. The number of rotatable bonds is 2. The molecule has 0 heterocycles. The maximum absolute atomic E-state index is 11.9. The molecule has 5 rings (SSSR count). The number of hydrogen-bond donors (Lipinski definition) is 2. The van der Waals surface area contributed by atoms with Gasteiger partial charge in [0.15, 0.2) is 0 Å².